The van der Waals surface area contributed by atoms with E-state index in [-0.39, 0.29) is 24.5 Å². The number of rotatable bonds is 4. The molecule has 114 valence electrons. The number of hydrogen-bond donors (Lipinski definition) is 1. The van der Waals surface area contributed by atoms with Crippen LogP contribution >= 0.6 is 0 Å². The summed E-state index contributed by atoms with van der Waals surface area (Å²) in [7, 11) is 3.41. The number of anilines is 1. The molecule has 0 aliphatic carbocycles. The van der Waals surface area contributed by atoms with Crippen molar-refractivity contribution in [2.75, 3.05) is 33.0 Å². The lowest BCUT2D eigenvalue weighted by atomic mass is 10.2. The Labute approximate surface area is 124 Å². The number of amides is 2. The predicted molar refractivity (Wildman–Crippen MR) is 79.8 cm³/mol. The summed E-state index contributed by atoms with van der Waals surface area (Å²) in [4.78, 5) is 27.4. The molecule has 0 saturated carbocycles. The van der Waals surface area contributed by atoms with Crippen molar-refractivity contribution in [3.05, 3.63) is 24.3 Å². The molecule has 1 aliphatic rings. The first-order chi connectivity index (χ1) is 9.99. The average molecular weight is 291 g/mol. The minimum absolute atomic E-state index is 0.0339. The molecule has 1 aliphatic heterocycles. The fourth-order valence-electron chi connectivity index (χ4n) is 2.41. The molecule has 2 N–H and O–H groups in total. The Kier molecular flexibility index (Phi) is 4.67. The Balaban J connectivity index is 1.93. The topological polar surface area (TPSA) is 75.9 Å². The van der Waals surface area contributed by atoms with Crippen molar-refractivity contribution < 1.29 is 14.3 Å². The van der Waals surface area contributed by atoms with E-state index in [0.717, 1.165) is 6.42 Å². The van der Waals surface area contributed by atoms with E-state index in [1.807, 2.05) is 0 Å². The van der Waals surface area contributed by atoms with Crippen LogP contribution in [-0.4, -0.2) is 54.9 Å². The van der Waals surface area contributed by atoms with Gasteiger partial charge in [-0.15, -0.1) is 0 Å². The lowest BCUT2D eigenvalue weighted by Crippen LogP contribution is -2.46. The highest BCUT2D eigenvalue weighted by Crippen LogP contribution is 2.19. The highest BCUT2D eigenvalue weighted by molar-refractivity contribution is 5.88. The third kappa shape index (κ3) is 3.65. The largest absolute Gasteiger partial charge is 0.484 e. The maximum Gasteiger partial charge on any atom is 0.261 e. The number of nitrogens with two attached hydrogens (primary N) is 1. The zero-order valence-corrected chi connectivity index (χ0v) is 12.4. The second-order valence-electron chi connectivity index (χ2n) is 5.34. The Bertz CT molecular complexity index is 513. The molecule has 0 spiro atoms. The minimum atomic E-state index is -0.359. The summed E-state index contributed by atoms with van der Waals surface area (Å²) >= 11 is 0. The summed E-state index contributed by atoms with van der Waals surface area (Å²) in [5.74, 6) is 0.394. The minimum Gasteiger partial charge on any atom is -0.484 e. The van der Waals surface area contributed by atoms with E-state index in [1.165, 1.54) is 4.90 Å². The smallest absolute Gasteiger partial charge is 0.261 e. The predicted octanol–water partition coefficient (Wildman–Crippen LogP) is 0.727. The maximum absolute atomic E-state index is 12.2. The average Bonchev–Trinajstić information content (AvgIpc) is 2.94. The van der Waals surface area contributed by atoms with Crippen molar-refractivity contribution in [3.8, 4) is 5.75 Å². The Hall–Kier alpha value is -2.24. The summed E-state index contributed by atoms with van der Waals surface area (Å²) in [6.45, 7) is 0.537. The van der Waals surface area contributed by atoms with Crippen LogP contribution in [0.4, 0.5) is 5.69 Å². The fourth-order valence-corrected chi connectivity index (χ4v) is 2.41. The third-order valence-electron chi connectivity index (χ3n) is 3.54. The van der Waals surface area contributed by atoms with E-state index in [2.05, 4.69) is 0 Å². The van der Waals surface area contributed by atoms with Gasteiger partial charge >= 0.3 is 0 Å². The number of nitrogens with zero attached hydrogens (tertiary/aromatic N) is 2. The van der Waals surface area contributed by atoms with Crippen molar-refractivity contribution in [1.29, 1.82) is 0 Å². The second-order valence-corrected chi connectivity index (χ2v) is 5.34. The number of ether oxygens (including phenoxy) is 1. The van der Waals surface area contributed by atoms with E-state index in [1.54, 1.807) is 43.3 Å². The van der Waals surface area contributed by atoms with Crippen LogP contribution in [-0.2, 0) is 9.59 Å². The van der Waals surface area contributed by atoms with Gasteiger partial charge in [-0.3, -0.25) is 9.59 Å². The third-order valence-corrected chi connectivity index (χ3v) is 3.54. The number of likely N-dealkylation sites (tertiary alicyclic amines) is 1. The van der Waals surface area contributed by atoms with Crippen molar-refractivity contribution in [2.24, 2.45) is 0 Å². The molecule has 1 aromatic rings. The first kappa shape index (κ1) is 15.2. The number of likely N-dealkylation sites (N-methyl/N-ethyl adjacent to an activating group) is 1. The summed E-state index contributed by atoms with van der Waals surface area (Å²) in [5, 5.41) is 0. The summed E-state index contributed by atoms with van der Waals surface area (Å²) in [5.41, 5.74) is 6.23. The summed E-state index contributed by atoms with van der Waals surface area (Å²) in [6.07, 6.45) is 1.56. The van der Waals surface area contributed by atoms with E-state index >= 15 is 0 Å². The summed E-state index contributed by atoms with van der Waals surface area (Å²) in [6, 6.07) is 6.51. The Morgan fingerprint density at radius 2 is 2.00 bits per heavy atom. The number of nitrogen functional groups attached to an aromatic ring is 1. The molecule has 2 amide bonds. The molecule has 1 aromatic carbocycles. The molecule has 0 aromatic heterocycles. The molecule has 6 heteroatoms. The van der Waals surface area contributed by atoms with Crippen LogP contribution in [0.3, 0.4) is 0 Å². The van der Waals surface area contributed by atoms with Crippen molar-refractivity contribution in [2.45, 2.75) is 18.9 Å². The molecule has 1 fully saturated rings. The van der Waals surface area contributed by atoms with Gasteiger partial charge in [-0.05, 0) is 37.1 Å². The lowest BCUT2D eigenvalue weighted by Gasteiger charge is -2.26. The van der Waals surface area contributed by atoms with Gasteiger partial charge in [0.25, 0.3) is 5.91 Å². The van der Waals surface area contributed by atoms with Gasteiger partial charge in [0.15, 0.2) is 6.61 Å². The molecule has 0 radical (unpaired) electrons. The second kappa shape index (κ2) is 6.47. The van der Waals surface area contributed by atoms with Crippen molar-refractivity contribution in [1.82, 2.24) is 9.80 Å². The molecule has 6 nitrogen and oxygen atoms in total. The van der Waals surface area contributed by atoms with E-state index < -0.39 is 0 Å². The SMILES string of the molecule is CN(C)C(=O)C1CCCN1C(=O)COc1ccc(N)cc1. The first-order valence-electron chi connectivity index (χ1n) is 6.98. The van der Waals surface area contributed by atoms with Crippen LogP contribution in [0.5, 0.6) is 5.75 Å². The number of carbonyl (C=O) groups excluding carboxylic acids is 2. The first-order valence-corrected chi connectivity index (χ1v) is 6.98. The standard InChI is InChI=1S/C15H21N3O3/c1-17(2)15(20)13-4-3-9-18(13)14(19)10-21-12-7-5-11(16)6-8-12/h5-8,13H,3-4,9-10,16H2,1-2H3. The van der Waals surface area contributed by atoms with Crippen molar-refractivity contribution >= 4 is 17.5 Å². The highest BCUT2D eigenvalue weighted by atomic mass is 16.5. The Morgan fingerprint density at radius 1 is 1.33 bits per heavy atom. The molecule has 2 rings (SSSR count). The number of carbonyl (C=O) groups is 2. The zero-order valence-electron chi connectivity index (χ0n) is 12.4. The summed E-state index contributed by atoms with van der Waals surface area (Å²) < 4.78 is 5.45. The van der Waals surface area contributed by atoms with Gasteiger partial charge in [0.05, 0.1) is 0 Å². The van der Waals surface area contributed by atoms with E-state index in [4.69, 9.17) is 10.5 Å². The van der Waals surface area contributed by atoms with Crippen LogP contribution in [0.2, 0.25) is 0 Å². The molecule has 1 unspecified atom stereocenters. The van der Waals surface area contributed by atoms with Gasteiger partial charge in [-0.1, -0.05) is 0 Å². The van der Waals surface area contributed by atoms with Gasteiger partial charge in [0.1, 0.15) is 11.8 Å². The molecule has 1 atom stereocenters. The highest BCUT2D eigenvalue weighted by Gasteiger charge is 2.34. The molecule has 0 bridgehead atoms. The lowest BCUT2D eigenvalue weighted by molar-refractivity contribution is -0.143. The fraction of sp³-hybridized carbons (Fsp3) is 0.467. The van der Waals surface area contributed by atoms with Crippen LogP contribution in [0.1, 0.15) is 12.8 Å². The van der Waals surface area contributed by atoms with Crippen LogP contribution < -0.4 is 10.5 Å². The van der Waals surface area contributed by atoms with E-state index in [9.17, 15) is 9.59 Å². The molecular formula is C15H21N3O3. The quantitative estimate of drug-likeness (QED) is 0.830. The van der Waals surface area contributed by atoms with Crippen LogP contribution in [0, 0.1) is 0 Å². The molecular weight excluding hydrogens is 270 g/mol. The van der Waals surface area contributed by atoms with Gasteiger partial charge in [-0.25, -0.2) is 0 Å². The monoisotopic (exact) mass is 291 g/mol. The van der Waals surface area contributed by atoms with Gasteiger partial charge < -0.3 is 20.3 Å². The van der Waals surface area contributed by atoms with Gasteiger partial charge in [-0.2, -0.15) is 0 Å². The molecule has 1 heterocycles. The number of hydrogen-bond acceptors (Lipinski definition) is 4. The maximum atomic E-state index is 12.2. The number of benzene rings is 1. The normalized spacial score (nSPS) is 17.6. The Morgan fingerprint density at radius 3 is 2.62 bits per heavy atom. The van der Waals surface area contributed by atoms with Gasteiger partial charge in [0.2, 0.25) is 5.91 Å². The van der Waals surface area contributed by atoms with Gasteiger partial charge in [0, 0.05) is 26.3 Å². The zero-order chi connectivity index (χ0) is 15.4. The van der Waals surface area contributed by atoms with Crippen LogP contribution in [0.25, 0.3) is 0 Å². The molecule has 21 heavy (non-hydrogen) atoms. The van der Waals surface area contributed by atoms with E-state index in [0.29, 0.717) is 24.4 Å². The van der Waals surface area contributed by atoms with Crippen LogP contribution in [0.15, 0.2) is 24.3 Å². The van der Waals surface area contributed by atoms with Crippen molar-refractivity contribution in [3.63, 3.8) is 0 Å². The molecule has 1 saturated heterocycles.